The molecule has 76 valence electrons. The van der Waals surface area contributed by atoms with Gasteiger partial charge in [-0.05, 0) is 18.2 Å². The van der Waals surface area contributed by atoms with Gasteiger partial charge >= 0.3 is 0 Å². The molecule has 1 aromatic carbocycles. The first-order valence-corrected chi connectivity index (χ1v) is 5.49. The van der Waals surface area contributed by atoms with Crippen molar-refractivity contribution in [3.63, 3.8) is 0 Å². The molecule has 5 heteroatoms. The third kappa shape index (κ3) is 1.26. The zero-order valence-electron chi connectivity index (χ0n) is 7.83. The molecule has 1 aliphatic heterocycles. The Morgan fingerprint density at radius 1 is 1.47 bits per heavy atom. The van der Waals surface area contributed by atoms with E-state index in [1.165, 1.54) is 0 Å². The van der Waals surface area contributed by atoms with Gasteiger partial charge in [-0.1, -0.05) is 15.9 Å². The number of nitrogens with one attached hydrogen (secondary N) is 1. The summed E-state index contributed by atoms with van der Waals surface area (Å²) in [7, 11) is 0. The molecule has 0 aliphatic carbocycles. The third-order valence-corrected chi connectivity index (χ3v) is 3.03. The van der Waals surface area contributed by atoms with Crippen LogP contribution in [-0.4, -0.2) is 16.1 Å². The maximum Gasteiger partial charge on any atom is 0.262 e. The molecular weight excluding hydrogens is 258 g/mol. The first kappa shape index (κ1) is 8.91. The van der Waals surface area contributed by atoms with Crippen molar-refractivity contribution in [1.29, 1.82) is 0 Å². The van der Waals surface area contributed by atoms with E-state index in [1.54, 1.807) is 10.6 Å². The second-order valence-corrected chi connectivity index (χ2v) is 4.40. The van der Waals surface area contributed by atoms with Crippen molar-refractivity contribution < 1.29 is 0 Å². The van der Waals surface area contributed by atoms with Crippen LogP contribution in [0.5, 0.6) is 0 Å². The summed E-state index contributed by atoms with van der Waals surface area (Å²) in [5.41, 5.74) is 0.766. The quantitative estimate of drug-likeness (QED) is 0.787. The Morgan fingerprint density at radius 2 is 2.33 bits per heavy atom. The highest BCUT2D eigenvalue weighted by Crippen LogP contribution is 2.18. The monoisotopic (exact) mass is 265 g/mol. The van der Waals surface area contributed by atoms with Gasteiger partial charge in [0.05, 0.1) is 10.9 Å². The molecule has 0 atom stereocenters. The smallest absolute Gasteiger partial charge is 0.262 e. The predicted octanol–water partition coefficient (Wildman–Crippen LogP) is 1.58. The highest BCUT2D eigenvalue weighted by molar-refractivity contribution is 9.10. The Bertz CT molecular complexity index is 605. The van der Waals surface area contributed by atoms with E-state index in [9.17, 15) is 4.79 Å². The Kier molecular flexibility index (Phi) is 1.82. The summed E-state index contributed by atoms with van der Waals surface area (Å²) in [5.74, 6) is 0.672. The molecule has 15 heavy (non-hydrogen) atoms. The molecule has 0 saturated heterocycles. The van der Waals surface area contributed by atoms with Gasteiger partial charge < -0.3 is 5.32 Å². The highest BCUT2D eigenvalue weighted by Gasteiger charge is 2.14. The van der Waals surface area contributed by atoms with E-state index in [0.29, 0.717) is 17.9 Å². The fourth-order valence-electron chi connectivity index (χ4n) is 1.82. The lowest BCUT2D eigenvalue weighted by Crippen LogP contribution is -2.18. The summed E-state index contributed by atoms with van der Waals surface area (Å²) >= 11 is 3.37. The summed E-state index contributed by atoms with van der Waals surface area (Å²) in [6, 6.07) is 5.53. The van der Waals surface area contributed by atoms with Crippen LogP contribution in [-0.2, 0) is 6.54 Å². The maximum absolute atomic E-state index is 12.0. The summed E-state index contributed by atoms with van der Waals surface area (Å²) < 4.78 is 2.61. The highest BCUT2D eigenvalue weighted by atomic mass is 79.9. The number of hydrogen-bond donors (Lipinski definition) is 1. The number of aromatic nitrogens is 2. The third-order valence-electron chi connectivity index (χ3n) is 2.54. The van der Waals surface area contributed by atoms with Gasteiger partial charge in [0.2, 0.25) is 5.95 Å². The molecule has 3 rings (SSSR count). The molecular formula is C10H8BrN3O. The Labute approximate surface area is 94.1 Å². The van der Waals surface area contributed by atoms with Crippen molar-refractivity contribution in [2.45, 2.75) is 6.54 Å². The first-order valence-electron chi connectivity index (χ1n) is 4.70. The largest absolute Gasteiger partial charge is 0.354 e. The van der Waals surface area contributed by atoms with Crippen molar-refractivity contribution >= 4 is 32.8 Å². The number of rotatable bonds is 0. The average molecular weight is 266 g/mol. The van der Waals surface area contributed by atoms with E-state index >= 15 is 0 Å². The van der Waals surface area contributed by atoms with E-state index < -0.39 is 0 Å². The van der Waals surface area contributed by atoms with Gasteiger partial charge in [0, 0.05) is 17.6 Å². The second kappa shape index (κ2) is 3.06. The molecule has 4 nitrogen and oxygen atoms in total. The van der Waals surface area contributed by atoms with Crippen LogP contribution in [0.25, 0.3) is 10.9 Å². The standard InChI is InChI=1S/C10H8BrN3O/c11-6-1-2-7-8(5-6)13-10-12-3-4-14(10)9(7)15/h1-2,5H,3-4H2,(H,12,13). The lowest BCUT2D eigenvalue weighted by Gasteiger charge is -2.03. The fraction of sp³-hybridized carbons (Fsp3) is 0.200. The van der Waals surface area contributed by atoms with E-state index in [4.69, 9.17) is 0 Å². The Balaban J connectivity index is 2.46. The molecule has 0 fully saturated rings. The minimum Gasteiger partial charge on any atom is -0.354 e. The average Bonchev–Trinajstić information content (AvgIpc) is 2.65. The molecule has 2 aromatic rings. The van der Waals surface area contributed by atoms with Gasteiger partial charge in [0.15, 0.2) is 0 Å². The predicted molar refractivity (Wildman–Crippen MR) is 62.2 cm³/mol. The molecule has 1 aromatic heterocycles. The van der Waals surface area contributed by atoms with Gasteiger partial charge in [-0.3, -0.25) is 9.36 Å². The molecule has 1 N–H and O–H groups in total. The zero-order valence-corrected chi connectivity index (χ0v) is 9.41. The van der Waals surface area contributed by atoms with Crippen LogP contribution < -0.4 is 10.9 Å². The first-order chi connectivity index (χ1) is 7.25. The number of fused-ring (bicyclic) bond motifs is 2. The lowest BCUT2D eigenvalue weighted by molar-refractivity contribution is 0.771. The molecule has 1 aliphatic rings. The van der Waals surface area contributed by atoms with E-state index in [2.05, 4.69) is 26.2 Å². The van der Waals surface area contributed by atoms with E-state index in [-0.39, 0.29) is 5.56 Å². The van der Waals surface area contributed by atoms with Crippen molar-refractivity contribution in [3.8, 4) is 0 Å². The molecule has 0 radical (unpaired) electrons. The Hall–Kier alpha value is -1.36. The van der Waals surface area contributed by atoms with Crippen molar-refractivity contribution in [2.75, 3.05) is 11.9 Å². The Morgan fingerprint density at radius 3 is 3.20 bits per heavy atom. The minimum atomic E-state index is 0.0347. The van der Waals surface area contributed by atoms with Crippen LogP contribution in [0.15, 0.2) is 27.5 Å². The van der Waals surface area contributed by atoms with Crippen LogP contribution >= 0.6 is 15.9 Å². The van der Waals surface area contributed by atoms with Crippen molar-refractivity contribution in [1.82, 2.24) is 9.55 Å². The summed E-state index contributed by atoms with van der Waals surface area (Å²) in [6.07, 6.45) is 0. The van der Waals surface area contributed by atoms with Gasteiger partial charge in [0.25, 0.3) is 5.56 Å². The minimum absolute atomic E-state index is 0.0347. The molecule has 2 heterocycles. The molecule has 0 unspecified atom stereocenters. The lowest BCUT2D eigenvalue weighted by atomic mass is 10.2. The van der Waals surface area contributed by atoms with Gasteiger partial charge in [-0.15, -0.1) is 0 Å². The molecule has 0 amide bonds. The molecule has 0 saturated carbocycles. The van der Waals surface area contributed by atoms with Crippen LogP contribution in [0.2, 0.25) is 0 Å². The fourth-order valence-corrected chi connectivity index (χ4v) is 2.17. The number of nitrogens with zero attached hydrogens (tertiary/aromatic N) is 2. The SMILES string of the molecule is O=c1c2ccc(Br)cc2nc2n1CCN2. The second-order valence-electron chi connectivity index (χ2n) is 3.48. The van der Waals surface area contributed by atoms with Crippen molar-refractivity contribution in [2.24, 2.45) is 0 Å². The van der Waals surface area contributed by atoms with Gasteiger partial charge in [-0.2, -0.15) is 0 Å². The summed E-state index contributed by atoms with van der Waals surface area (Å²) in [5, 5.41) is 3.76. The van der Waals surface area contributed by atoms with E-state index in [1.807, 2.05) is 12.1 Å². The van der Waals surface area contributed by atoms with Gasteiger partial charge in [-0.25, -0.2) is 4.98 Å². The van der Waals surface area contributed by atoms with Crippen molar-refractivity contribution in [3.05, 3.63) is 33.0 Å². The number of benzene rings is 1. The van der Waals surface area contributed by atoms with Crippen LogP contribution in [0.1, 0.15) is 0 Å². The van der Waals surface area contributed by atoms with Crippen LogP contribution in [0.4, 0.5) is 5.95 Å². The molecule has 0 bridgehead atoms. The van der Waals surface area contributed by atoms with Crippen LogP contribution in [0.3, 0.4) is 0 Å². The zero-order chi connectivity index (χ0) is 10.4. The number of halogens is 1. The number of hydrogen-bond acceptors (Lipinski definition) is 3. The number of anilines is 1. The topological polar surface area (TPSA) is 46.9 Å². The summed E-state index contributed by atoms with van der Waals surface area (Å²) in [6.45, 7) is 1.48. The molecule has 0 spiro atoms. The normalized spacial score (nSPS) is 13.9. The maximum atomic E-state index is 12.0. The van der Waals surface area contributed by atoms with Crippen LogP contribution in [0, 0.1) is 0 Å². The van der Waals surface area contributed by atoms with Gasteiger partial charge in [0.1, 0.15) is 0 Å². The summed E-state index contributed by atoms with van der Waals surface area (Å²) in [4.78, 5) is 16.4. The van der Waals surface area contributed by atoms with E-state index in [0.717, 1.165) is 16.5 Å².